The largest absolute Gasteiger partial charge is 0.396 e. The molecule has 0 radical (unpaired) electrons. The highest BCUT2D eigenvalue weighted by molar-refractivity contribution is 6.14. The fourth-order valence-electron chi connectivity index (χ4n) is 3.06. The van der Waals surface area contributed by atoms with Crippen molar-refractivity contribution in [1.29, 1.82) is 0 Å². The summed E-state index contributed by atoms with van der Waals surface area (Å²) in [5.74, 6) is 0. The zero-order valence-corrected chi connectivity index (χ0v) is 11.9. The van der Waals surface area contributed by atoms with Crippen LogP contribution in [0.3, 0.4) is 0 Å². The first-order valence-electron chi connectivity index (χ1n) is 7.35. The third-order valence-electron chi connectivity index (χ3n) is 4.04. The lowest BCUT2D eigenvalue weighted by molar-refractivity contribution is 0.112. The van der Waals surface area contributed by atoms with Crippen molar-refractivity contribution in [2.75, 3.05) is 6.61 Å². The SMILES string of the molecule is O=Cc1c2ccccc2c(CCCCO)c2ccccc12. The van der Waals surface area contributed by atoms with Crippen molar-refractivity contribution in [3.63, 3.8) is 0 Å². The molecule has 0 saturated carbocycles. The first-order chi connectivity index (χ1) is 10.4. The van der Waals surface area contributed by atoms with Gasteiger partial charge < -0.3 is 5.11 Å². The molecule has 3 aromatic carbocycles. The van der Waals surface area contributed by atoms with E-state index in [1.54, 1.807) is 0 Å². The molecule has 0 atom stereocenters. The second-order valence-electron chi connectivity index (χ2n) is 5.28. The second kappa shape index (κ2) is 6.06. The van der Waals surface area contributed by atoms with E-state index in [1.807, 2.05) is 36.4 Å². The molecule has 1 N–H and O–H groups in total. The third kappa shape index (κ3) is 2.43. The average Bonchev–Trinajstić information content (AvgIpc) is 2.54. The number of unbranched alkanes of at least 4 members (excludes halogenated alkanes) is 1. The van der Waals surface area contributed by atoms with E-state index in [0.29, 0.717) is 0 Å². The summed E-state index contributed by atoms with van der Waals surface area (Å²) in [7, 11) is 0. The van der Waals surface area contributed by atoms with Gasteiger partial charge in [-0.25, -0.2) is 0 Å². The van der Waals surface area contributed by atoms with Gasteiger partial charge in [0.25, 0.3) is 0 Å². The van der Waals surface area contributed by atoms with E-state index < -0.39 is 0 Å². The molecule has 0 unspecified atom stereocenters. The Morgan fingerprint density at radius 3 is 1.81 bits per heavy atom. The number of carbonyl (C=O) groups is 1. The van der Waals surface area contributed by atoms with Gasteiger partial charge >= 0.3 is 0 Å². The summed E-state index contributed by atoms with van der Waals surface area (Å²) >= 11 is 0. The Kier molecular flexibility index (Phi) is 3.98. The standard InChI is InChI=1S/C19H18O2/c20-12-6-5-11-14-15-7-1-3-9-17(15)19(13-21)18-10-4-2-8-16(14)18/h1-4,7-10,13,20H,5-6,11-12H2. The summed E-state index contributed by atoms with van der Waals surface area (Å²) in [5, 5.41) is 13.3. The van der Waals surface area contributed by atoms with Crippen LogP contribution in [0.4, 0.5) is 0 Å². The van der Waals surface area contributed by atoms with E-state index in [4.69, 9.17) is 5.11 Å². The molecular weight excluding hydrogens is 260 g/mol. The molecule has 0 aliphatic carbocycles. The molecule has 0 saturated heterocycles. The molecule has 3 aromatic rings. The number of aryl methyl sites for hydroxylation is 1. The molecule has 21 heavy (non-hydrogen) atoms. The van der Waals surface area contributed by atoms with E-state index in [0.717, 1.165) is 52.7 Å². The summed E-state index contributed by atoms with van der Waals surface area (Å²) in [5.41, 5.74) is 2.05. The summed E-state index contributed by atoms with van der Waals surface area (Å²) in [4.78, 5) is 11.6. The highest BCUT2D eigenvalue weighted by Gasteiger charge is 2.12. The smallest absolute Gasteiger partial charge is 0.151 e. The van der Waals surface area contributed by atoms with Crippen molar-refractivity contribution >= 4 is 27.8 Å². The maximum Gasteiger partial charge on any atom is 0.151 e. The molecule has 2 nitrogen and oxygen atoms in total. The number of hydrogen-bond acceptors (Lipinski definition) is 2. The lowest BCUT2D eigenvalue weighted by Gasteiger charge is -2.14. The fraction of sp³-hybridized carbons (Fsp3) is 0.211. The van der Waals surface area contributed by atoms with E-state index in [2.05, 4.69) is 12.1 Å². The zero-order chi connectivity index (χ0) is 14.7. The number of aldehydes is 1. The molecule has 0 aliphatic heterocycles. The minimum absolute atomic E-state index is 0.224. The van der Waals surface area contributed by atoms with Crippen LogP contribution in [0.5, 0.6) is 0 Å². The first-order valence-corrected chi connectivity index (χ1v) is 7.35. The Hall–Kier alpha value is -2.19. The Labute approximate surface area is 124 Å². The quantitative estimate of drug-likeness (QED) is 0.433. The number of rotatable bonds is 5. The van der Waals surface area contributed by atoms with Gasteiger partial charge in [-0.3, -0.25) is 4.79 Å². The van der Waals surface area contributed by atoms with Crippen molar-refractivity contribution in [3.8, 4) is 0 Å². The van der Waals surface area contributed by atoms with Crippen LogP contribution in [0.15, 0.2) is 48.5 Å². The first kappa shape index (κ1) is 13.8. The topological polar surface area (TPSA) is 37.3 Å². The van der Waals surface area contributed by atoms with E-state index in [1.165, 1.54) is 5.56 Å². The fourth-order valence-corrected chi connectivity index (χ4v) is 3.06. The van der Waals surface area contributed by atoms with E-state index >= 15 is 0 Å². The number of fused-ring (bicyclic) bond motifs is 2. The normalized spacial score (nSPS) is 11.1. The molecule has 0 aromatic heterocycles. The van der Waals surface area contributed by atoms with Crippen LogP contribution >= 0.6 is 0 Å². The monoisotopic (exact) mass is 278 g/mol. The minimum atomic E-state index is 0.224. The molecular formula is C19H18O2. The van der Waals surface area contributed by atoms with Crippen LogP contribution in [0.25, 0.3) is 21.5 Å². The van der Waals surface area contributed by atoms with Crippen LogP contribution in [-0.4, -0.2) is 18.0 Å². The van der Waals surface area contributed by atoms with Crippen molar-refractivity contribution in [2.45, 2.75) is 19.3 Å². The Bertz CT molecular complexity index is 733. The summed E-state index contributed by atoms with van der Waals surface area (Å²) in [6, 6.07) is 16.2. The van der Waals surface area contributed by atoms with Crippen molar-refractivity contribution < 1.29 is 9.90 Å². The Balaban J connectivity index is 2.33. The number of benzene rings is 3. The van der Waals surface area contributed by atoms with Crippen molar-refractivity contribution in [3.05, 3.63) is 59.7 Å². The Morgan fingerprint density at radius 2 is 1.33 bits per heavy atom. The molecule has 0 bridgehead atoms. The predicted octanol–water partition coefficient (Wildman–Crippen LogP) is 4.12. The molecule has 0 fully saturated rings. The second-order valence-corrected chi connectivity index (χ2v) is 5.28. The number of aliphatic hydroxyl groups is 1. The lowest BCUT2D eigenvalue weighted by Crippen LogP contribution is -1.96. The van der Waals surface area contributed by atoms with Crippen LogP contribution in [0.1, 0.15) is 28.8 Å². The number of aliphatic hydroxyl groups excluding tert-OH is 1. The maximum atomic E-state index is 11.6. The van der Waals surface area contributed by atoms with Crippen LogP contribution < -0.4 is 0 Å². The van der Waals surface area contributed by atoms with Gasteiger partial charge in [0.05, 0.1) is 0 Å². The Morgan fingerprint density at radius 1 is 0.810 bits per heavy atom. The molecule has 3 rings (SSSR count). The minimum Gasteiger partial charge on any atom is -0.396 e. The third-order valence-corrected chi connectivity index (χ3v) is 4.04. The molecule has 0 aliphatic rings. The van der Waals surface area contributed by atoms with Gasteiger partial charge in [0.1, 0.15) is 0 Å². The molecule has 106 valence electrons. The van der Waals surface area contributed by atoms with Crippen molar-refractivity contribution in [2.24, 2.45) is 0 Å². The summed E-state index contributed by atoms with van der Waals surface area (Å²) < 4.78 is 0. The van der Waals surface area contributed by atoms with Crippen LogP contribution in [0.2, 0.25) is 0 Å². The van der Waals surface area contributed by atoms with Gasteiger partial charge in [-0.1, -0.05) is 48.5 Å². The van der Waals surface area contributed by atoms with E-state index in [-0.39, 0.29) is 6.61 Å². The summed E-state index contributed by atoms with van der Waals surface area (Å²) in [6.07, 6.45) is 3.63. The number of hydrogen-bond donors (Lipinski definition) is 1. The van der Waals surface area contributed by atoms with Gasteiger partial charge in [-0.2, -0.15) is 0 Å². The average molecular weight is 278 g/mol. The van der Waals surface area contributed by atoms with Gasteiger partial charge in [-0.15, -0.1) is 0 Å². The molecule has 0 spiro atoms. The van der Waals surface area contributed by atoms with Crippen molar-refractivity contribution in [1.82, 2.24) is 0 Å². The van der Waals surface area contributed by atoms with Crippen LogP contribution in [-0.2, 0) is 6.42 Å². The highest BCUT2D eigenvalue weighted by atomic mass is 16.2. The van der Waals surface area contributed by atoms with Gasteiger partial charge in [0, 0.05) is 12.2 Å². The van der Waals surface area contributed by atoms with Gasteiger partial charge in [0.15, 0.2) is 6.29 Å². The van der Waals surface area contributed by atoms with E-state index in [9.17, 15) is 4.79 Å². The van der Waals surface area contributed by atoms with Gasteiger partial charge in [0.2, 0.25) is 0 Å². The lowest BCUT2D eigenvalue weighted by atomic mass is 9.90. The molecule has 0 amide bonds. The summed E-state index contributed by atoms with van der Waals surface area (Å²) in [6.45, 7) is 0.224. The molecule has 0 heterocycles. The zero-order valence-electron chi connectivity index (χ0n) is 11.9. The number of carbonyl (C=O) groups excluding carboxylic acids is 1. The maximum absolute atomic E-state index is 11.6. The van der Waals surface area contributed by atoms with Crippen LogP contribution in [0, 0.1) is 0 Å². The molecule has 2 heteroatoms. The predicted molar refractivity (Wildman–Crippen MR) is 86.9 cm³/mol. The highest BCUT2D eigenvalue weighted by Crippen LogP contribution is 2.32. The van der Waals surface area contributed by atoms with Gasteiger partial charge in [-0.05, 0) is 46.4 Å².